The van der Waals surface area contributed by atoms with E-state index in [9.17, 15) is 5.11 Å². The second kappa shape index (κ2) is 5.48. The van der Waals surface area contributed by atoms with Crippen LogP contribution in [-0.2, 0) is 6.54 Å². The summed E-state index contributed by atoms with van der Waals surface area (Å²) in [4.78, 5) is 0. The lowest BCUT2D eigenvalue weighted by Gasteiger charge is -2.42. The normalized spacial score (nSPS) is 22.5. The average molecular weight is 298 g/mol. The molecule has 2 heterocycles. The van der Waals surface area contributed by atoms with Crippen LogP contribution in [0.1, 0.15) is 36.8 Å². The number of aliphatic hydroxyl groups excluding tert-OH is 1. The first kappa shape index (κ1) is 14.6. The summed E-state index contributed by atoms with van der Waals surface area (Å²) in [7, 11) is 0. The van der Waals surface area contributed by atoms with Gasteiger partial charge < -0.3 is 19.6 Å². The lowest BCUT2D eigenvalue weighted by atomic mass is 9.86. The molecule has 114 valence electrons. The fourth-order valence-corrected chi connectivity index (χ4v) is 2.71. The first-order valence-corrected chi connectivity index (χ1v) is 7.18. The number of nitrogens with zero attached hydrogens (tertiary/aromatic N) is 1. The minimum atomic E-state index is -0.746. The van der Waals surface area contributed by atoms with Gasteiger partial charge in [0.25, 0.3) is 0 Å². The smallest absolute Gasteiger partial charge is 0.131 e. The van der Waals surface area contributed by atoms with Crippen molar-refractivity contribution in [2.45, 2.75) is 38.1 Å². The van der Waals surface area contributed by atoms with E-state index in [1.807, 2.05) is 26.0 Å². The molecule has 22 heavy (non-hydrogen) atoms. The van der Waals surface area contributed by atoms with E-state index in [1.165, 1.54) is 0 Å². The fourth-order valence-electron chi connectivity index (χ4n) is 2.71. The van der Waals surface area contributed by atoms with Crippen LogP contribution >= 0.6 is 0 Å². The van der Waals surface area contributed by atoms with E-state index in [0.29, 0.717) is 17.9 Å². The zero-order chi connectivity index (χ0) is 15.7. The van der Waals surface area contributed by atoms with Gasteiger partial charge in [0.1, 0.15) is 23.2 Å². The Labute approximate surface area is 129 Å². The van der Waals surface area contributed by atoms with Crippen molar-refractivity contribution in [3.8, 4) is 11.8 Å². The van der Waals surface area contributed by atoms with E-state index >= 15 is 0 Å². The molecule has 0 spiro atoms. The summed E-state index contributed by atoms with van der Waals surface area (Å²) in [5, 5.41) is 23.0. The van der Waals surface area contributed by atoms with Gasteiger partial charge in [-0.3, -0.25) is 0 Å². The van der Waals surface area contributed by atoms with Crippen molar-refractivity contribution in [3.63, 3.8) is 0 Å². The highest BCUT2D eigenvalue weighted by Gasteiger charge is 2.42. The second-order valence-electron chi connectivity index (χ2n) is 5.95. The van der Waals surface area contributed by atoms with Gasteiger partial charge in [-0.05, 0) is 44.2 Å². The van der Waals surface area contributed by atoms with Crippen LogP contribution in [0.15, 0.2) is 41.0 Å². The molecule has 3 rings (SSSR count). The highest BCUT2D eigenvalue weighted by Crippen LogP contribution is 2.40. The van der Waals surface area contributed by atoms with E-state index in [1.54, 1.807) is 24.5 Å². The summed E-state index contributed by atoms with van der Waals surface area (Å²) < 4.78 is 11.2. The van der Waals surface area contributed by atoms with Gasteiger partial charge in [0.05, 0.1) is 30.5 Å². The molecule has 5 nitrogen and oxygen atoms in total. The third-order valence-corrected chi connectivity index (χ3v) is 3.95. The van der Waals surface area contributed by atoms with Gasteiger partial charge in [-0.15, -0.1) is 0 Å². The number of hydrogen-bond donors (Lipinski definition) is 2. The van der Waals surface area contributed by atoms with Gasteiger partial charge in [0.15, 0.2) is 0 Å². The highest BCUT2D eigenvalue weighted by atomic mass is 16.5. The van der Waals surface area contributed by atoms with Crippen LogP contribution in [0, 0.1) is 11.3 Å². The fraction of sp³-hybridized carbons (Fsp3) is 0.353. The van der Waals surface area contributed by atoms with Crippen LogP contribution in [-0.4, -0.2) is 16.8 Å². The van der Waals surface area contributed by atoms with Crippen LogP contribution in [0.5, 0.6) is 5.75 Å². The molecule has 1 aliphatic rings. The molecule has 0 aliphatic carbocycles. The maximum Gasteiger partial charge on any atom is 0.131 e. The molecule has 0 radical (unpaired) electrons. The number of nitrogens with one attached hydrogen (secondary N) is 1. The molecule has 1 aliphatic heterocycles. The Kier molecular flexibility index (Phi) is 3.65. The largest absolute Gasteiger partial charge is 0.485 e. The van der Waals surface area contributed by atoms with Crippen molar-refractivity contribution in [1.82, 2.24) is 5.32 Å². The molecule has 0 bridgehead atoms. The summed E-state index contributed by atoms with van der Waals surface area (Å²) in [5.74, 6) is 1.47. The molecule has 0 saturated carbocycles. The van der Waals surface area contributed by atoms with Crippen molar-refractivity contribution in [2.24, 2.45) is 0 Å². The summed E-state index contributed by atoms with van der Waals surface area (Å²) in [6.45, 7) is 4.18. The molecular weight excluding hydrogens is 280 g/mol. The molecule has 0 saturated heterocycles. The van der Waals surface area contributed by atoms with E-state index < -0.39 is 11.7 Å². The zero-order valence-corrected chi connectivity index (χ0v) is 12.5. The third-order valence-electron chi connectivity index (χ3n) is 3.95. The molecule has 5 heteroatoms. The maximum absolute atomic E-state index is 10.6. The molecule has 2 atom stereocenters. The Morgan fingerprint density at radius 1 is 1.36 bits per heavy atom. The zero-order valence-electron chi connectivity index (χ0n) is 12.5. The van der Waals surface area contributed by atoms with Crippen LogP contribution in [0.3, 0.4) is 0 Å². The van der Waals surface area contributed by atoms with Gasteiger partial charge in [-0.2, -0.15) is 5.26 Å². The monoisotopic (exact) mass is 298 g/mol. The first-order valence-electron chi connectivity index (χ1n) is 7.18. The quantitative estimate of drug-likeness (QED) is 0.910. The molecule has 2 aromatic rings. The molecule has 0 amide bonds. The van der Waals surface area contributed by atoms with Crippen LogP contribution in [0.25, 0.3) is 0 Å². The number of hydrogen-bond acceptors (Lipinski definition) is 5. The first-order chi connectivity index (χ1) is 10.5. The summed E-state index contributed by atoms with van der Waals surface area (Å²) >= 11 is 0. The molecule has 1 aromatic heterocycles. The molecule has 2 unspecified atom stereocenters. The van der Waals surface area contributed by atoms with Crippen molar-refractivity contribution < 1.29 is 14.3 Å². The van der Waals surface area contributed by atoms with Crippen molar-refractivity contribution in [2.75, 3.05) is 0 Å². The van der Waals surface area contributed by atoms with Crippen LogP contribution in [0.4, 0.5) is 0 Å². The Balaban J connectivity index is 1.94. The number of nitriles is 1. The predicted molar refractivity (Wildman–Crippen MR) is 80.2 cm³/mol. The molecule has 0 fully saturated rings. The SMILES string of the molecule is CC1(C)Oc2ccc(C#N)cc2C(NCc2ccco2)C1O. The second-order valence-corrected chi connectivity index (χ2v) is 5.95. The summed E-state index contributed by atoms with van der Waals surface area (Å²) in [6.07, 6.45) is 0.868. The number of rotatable bonds is 3. The van der Waals surface area contributed by atoms with Gasteiger partial charge in [0.2, 0.25) is 0 Å². The van der Waals surface area contributed by atoms with Gasteiger partial charge in [-0.1, -0.05) is 0 Å². The van der Waals surface area contributed by atoms with E-state index in [4.69, 9.17) is 14.4 Å². The average Bonchev–Trinajstić information content (AvgIpc) is 3.00. The van der Waals surface area contributed by atoms with E-state index in [0.717, 1.165) is 11.3 Å². The van der Waals surface area contributed by atoms with Crippen LogP contribution in [0.2, 0.25) is 0 Å². The minimum Gasteiger partial charge on any atom is -0.485 e. The summed E-state index contributed by atoms with van der Waals surface area (Å²) in [5.41, 5.74) is 0.610. The molecule has 1 aromatic carbocycles. The standard InChI is InChI=1S/C17H18N2O3/c1-17(2)16(20)15(19-10-12-4-3-7-21-12)13-8-11(9-18)5-6-14(13)22-17/h3-8,15-16,19-20H,10H2,1-2H3. The lowest BCUT2D eigenvalue weighted by Crippen LogP contribution is -2.52. The van der Waals surface area contributed by atoms with Crippen molar-refractivity contribution >= 4 is 0 Å². The predicted octanol–water partition coefficient (Wildman–Crippen LogP) is 2.51. The van der Waals surface area contributed by atoms with Gasteiger partial charge in [0, 0.05) is 5.56 Å². The highest BCUT2D eigenvalue weighted by molar-refractivity contribution is 5.46. The van der Waals surface area contributed by atoms with Gasteiger partial charge in [-0.25, -0.2) is 0 Å². The lowest BCUT2D eigenvalue weighted by molar-refractivity contribution is -0.0651. The maximum atomic E-state index is 10.6. The summed E-state index contributed by atoms with van der Waals surface area (Å²) in [6, 6.07) is 10.7. The number of fused-ring (bicyclic) bond motifs is 1. The van der Waals surface area contributed by atoms with Crippen molar-refractivity contribution in [1.29, 1.82) is 5.26 Å². The minimum absolute atomic E-state index is 0.336. The van der Waals surface area contributed by atoms with E-state index in [-0.39, 0.29) is 6.04 Å². The van der Waals surface area contributed by atoms with Crippen molar-refractivity contribution in [3.05, 3.63) is 53.5 Å². The molecule has 2 N–H and O–H groups in total. The van der Waals surface area contributed by atoms with E-state index in [2.05, 4.69) is 11.4 Å². The van der Waals surface area contributed by atoms with Gasteiger partial charge >= 0.3 is 0 Å². The Hall–Kier alpha value is -2.29. The number of furan rings is 1. The Bertz CT molecular complexity index is 701. The Morgan fingerprint density at radius 2 is 2.18 bits per heavy atom. The van der Waals surface area contributed by atoms with Crippen LogP contribution < -0.4 is 10.1 Å². The topological polar surface area (TPSA) is 78.4 Å². The Morgan fingerprint density at radius 3 is 2.86 bits per heavy atom. The number of ether oxygens (including phenoxy) is 1. The molecular formula is C17H18N2O3. The number of aliphatic hydroxyl groups is 1. The third kappa shape index (κ3) is 2.59. The number of benzene rings is 1.